The van der Waals surface area contributed by atoms with Gasteiger partial charge in [0.15, 0.2) is 0 Å². The molecule has 1 aliphatic heterocycles. The summed E-state index contributed by atoms with van der Waals surface area (Å²) in [5.74, 6) is 0. The van der Waals surface area contributed by atoms with E-state index in [4.69, 9.17) is 0 Å². The van der Waals surface area contributed by atoms with Crippen LogP contribution in [0.25, 0.3) is 0 Å². The third-order valence-corrected chi connectivity index (χ3v) is 16.0. The Kier molecular flexibility index (Phi) is 8.47. The smallest absolute Gasteiger partial charge is 0.108 e. The first-order valence-electron chi connectivity index (χ1n) is 8.24. The number of rotatable bonds is 10. The van der Waals surface area contributed by atoms with Crippen LogP contribution < -0.4 is 0 Å². The van der Waals surface area contributed by atoms with Crippen LogP contribution in [0.2, 0.25) is 11.3 Å². The van der Waals surface area contributed by atoms with E-state index in [1.807, 2.05) is 0 Å². The minimum absolute atomic E-state index is 0.462. The first kappa shape index (κ1) is 16.4. The lowest BCUT2D eigenvalue weighted by atomic mass is 10.4. The minimum Gasteiger partial charge on any atom is -0.326 e. The second-order valence-electron chi connectivity index (χ2n) is 5.85. The van der Waals surface area contributed by atoms with E-state index < -0.39 is 17.9 Å². The van der Waals surface area contributed by atoms with Crippen LogP contribution in [-0.4, -0.2) is 53.2 Å². The van der Waals surface area contributed by atoms with Crippen LogP contribution in [0.5, 0.6) is 0 Å². The Hall–Kier alpha value is 0.354. The Morgan fingerprint density at radius 1 is 0.611 bits per heavy atom. The van der Waals surface area contributed by atoms with Gasteiger partial charge in [-0.15, -0.1) is 0 Å². The summed E-state index contributed by atoms with van der Waals surface area (Å²) in [6.45, 7) is 14.9. The topological polar surface area (TPSA) is 6.48 Å². The Balaban J connectivity index is 2.34. The molecule has 0 aromatic heterocycles. The van der Waals surface area contributed by atoms with E-state index in [0.717, 1.165) is 0 Å². The van der Waals surface area contributed by atoms with Crippen molar-refractivity contribution in [3.05, 3.63) is 0 Å². The van der Waals surface area contributed by atoms with Gasteiger partial charge in [0, 0.05) is 0 Å². The van der Waals surface area contributed by atoms with Crippen molar-refractivity contribution < 1.29 is 0 Å². The summed E-state index contributed by atoms with van der Waals surface area (Å²) >= 11 is 0. The fraction of sp³-hybridized carbons (Fsp3) is 1.00. The summed E-state index contributed by atoms with van der Waals surface area (Å²) in [5.41, 5.74) is 3.39. The van der Waals surface area contributed by atoms with Gasteiger partial charge in [0.2, 0.25) is 0 Å². The molecule has 0 unspecified atom stereocenters. The maximum Gasteiger partial charge on any atom is 0.108 e. The SMILES string of the molecule is CCCN(CCC)[SiH]1C[SiH](N(CCC)CCC)C1. The van der Waals surface area contributed by atoms with E-state index in [9.17, 15) is 0 Å². The molecule has 1 rings (SSSR count). The van der Waals surface area contributed by atoms with Crippen LogP contribution in [0.3, 0.4) is 0 Å². The number of hydrogen-bond donors (Lipinski definition) is 0. The molecular formula is C14H34N2Si2. The number of hydrogen-bond acceptors (Lipinski definition) is 2. The standard InChI is InChI=1S/C14H34N2Si2/c1-5-9-15(10-6-2)17-13-18(14-17)16(11-7-3)12-8-4/h17-18H,5-14H2,1-4H3. The largest absolute Gasteiger partial charge is 0.326 e. The maximum absolute atomic E-state index is 2.90. The second-order valence-corrected chi connectivity index (χ2v) is 13.7. The second kappa shape index (κ2) is 9.29. The molecule has 0 radical (unpaired) electrons. The van der Waals surface area contributed by atoms with E-state index in [2.05, 4.69) is 36.8 Å². The molecule has 1 aliphatic rings. The fourth-order valence-electron chi connectivity index (χ4n) is 3.26. The Morgan fingerprint density at radius 2 is 0.889 bits per heavy atom. The van der Waals surface area contributed by atoms with Crippen molar-refractivity contribution in [1.82, 2.24) is 9.13 Å². The van der Waals surface area contributed by atoms with Crippen LogP contribution in [0.4, 0.5) is 0 Å². The third-order valence-electron chi connectivity index (χ3n) is 4.16. The molecule has 0 aromatic rings. The van der Waals surface area contributed by atoms with Gasteiger partial charge in [0.05, 0.1) is 0 Å². The zero-order chi connectivity index (χ0) is 13.4. The molecule has 1 fully saturated rings. The first-order valence-corrected chi connectivity index (χ1v) is 12.5. The van der Waals surface area contributed by atoms with Gasteiger partial charge in [-0.3, -0.25) is 0 Å². The number of nitrogens with zero attached hydrogens (tertiary/aromatic N) is 2. The summed E-state index contributed by atoms with van der Waals surface area (Å²) in [5, 5.41) is 0. The van der Waals surface area contributed by atoms with Crippen molar-refractivity contribution in [3.8, 4) is 0 Å². The molecule has 1 saturated heterocycles. The maximum atomic E-state index is 2.90. The van der Waals surface area contributed by atoms with Gasteiger partial charge in [-0.05, 0) is 63.2 Å². The zero-order valence-corrected chi connectivity index (χ0v) is 15.4. The van der Waals surface area contributed by atoms with E-state index in [0.29, 0.717) is 0 Å². The highest BCUT2D eigenvalue weighted by Gasteiger charge is 2.38. The van der Waals surface area contributed by atoms with Crippen molar-refractivity contribution in [3.63, 3.8) is 0 Å². The van der Waals surface area contributed by atoms with E-state index in [-0.39, 0.29) is 0 Å². The molecule has 0 bridgehead atoms. The molecule has 0 aliphatic carbocycles. The molecule has 108 valence electrons. The van der Waals surface area contributed by atoms with Crippen LogP contribution in [-0.2, 0) is 0 Å². The Morgan fingerprint density at radius 3 is 1.11 bits per heavy atom. The van der Waals surface area contributed by atoms with Crippen LogP contribution >= 0.6 is 0 Å². The van der Waals surface area contributed by atoms with Gasteiger partial charge in [-0.1, -0.05) is 27.7 Å². The quantitative estimate of drug-likeness (QED) is 0.570. The molecule has 0 N–H and O–H groups in total. The van der Waals surface area contributed by atoms with Crippen molar-refractivity contribution in [1.29, 1.82) is 0 Å². The highest BCUT2D eigenvalue weighted by molar-refractivity contribution is 6.92. The first-order chi connectivity index (χ1) is 8.76. The molecule has 4 heteroatoms. The average Bonchev–Trinajstić information content (AvgIpc) is 2.28. The molecule has 0 spiro atoms. The van der Waals surface area contributed by atoms with E-state index in [1.165, 1.54) is 51.9 Å². The normalized spacial score (nSPS) is 23.7. The fourth-order valence-corrected chi connectivity index (χ4v) is 15.0. The van der Waals surface area contributed by atoms with Gasteiger partial charge in [-0.25, -0.2) is 0 Å². The van der Waals surface area contributed by atoms with Gasteiger partial charge in [0.25, 0.3) is 0 Å². The summed E-state index contributed by atoms with van der Waals surface area (Å²) in [4.78, 5) is 0. The van der Waals surface area contributed by atoms with E-state index in [1.54, 1.807) is 11.3 Å². The van der Waals surface area contributed by atoms with Gasteiger partial charge in [0.1, 0.15) is 17.9 Å². The Labute approximate surface area is 118 Å². The van der Waals surface area contributed by atoms with Crippen LogP contribution in [0.15, 0.2) is 0 Å². The molecule has 2 nitrogen and oxygen atoms in total. The average molecular weight is 287 g/mol. The van der Waals surface area contributed by atoms with Crippen molar-refractivity contribution in [2.75, 3.05) is 26.2 Å². The summed E-state index contributed by atoms with van der Waals surface area (Å²) in [7, 11) is -0.923. The molecule has 0 atom stereocenters. The summed E-state index contributed by atoms with van der Waals surface area (Å²) in [6.07, 6.45) is 5.40. The monoisotopic (exact) mass is 286 g/mol. The predicted octanol–water partition coefficient (Wildman–Crippen LogP) is 2.77. The van der Waals surface area contributed by atoms with Crippen LogP contribution in [0, 0.1) is 0 Å². The van der Waals surface area contributed by atoms with Crippen molar-refractivity contribution in [2.24, 2.45) is 0 Å². The third kappa shape index (κ3) is 4.80. The molecular weight excluding hydrogens is 252 g/mol. The molecule has 18 heavy (non-hydrogen) atoms. The summed E-state index contributed by atoms with van der Waals surface area (Å²) in [6, 6.07) is 0. The zero-order valence-electron chi connectivity index (χ0n) is 13.1. The van der Waals surface area contributed by atoms with Gasteiger partial charge in [-0.2, -0.15) is 0 Å². The highest BCUT2D eigenvalue weighted by Crippen LogP contribution is 2.26. The predicted molar refractivity (Wildman–Crippen MR) is 88.2 cm³/mol. The minimum atomic E-state index is -0.462. The van der Waals surface area contributed by atoms with Gasteiger partial charge < -0.3 is 9.13 Å². The molecule has 0 amide bonds. The highest BCUT2D eigenvalue weighted by atomic mass is 28.4. The summed E-state index contributed by atoms with van der Waals surface area (Å²) < 4.78 is 5.80. The molecule has 0 saturated carbocycles. The van der Waals surface area contributed by atoms with Gasteiger partial charge >= 0.3 is 0 Å². The lowest BCUT2D eigenvalue weighted by Crippen LogP contribution is -2.59. The Bertz CT molecular complexity index is 176. The lowest BCUT2D eigenvalue weighted by Gasteiger charge is -2.45. The van der Waals surface area contributed by atoms with Crippen molar-refractivity contribution >= 4 is 17.9 Å². The molecule has 0 aromatic carbocycles. The van der Waals surface area contributed by atoms with Crippen molar-refractivity contribution in [2.45, 2.75) is 64.7 Å². The van der Waals surface area contributed by atoms with Crippen LogP contribution in [0.1, 0.15) is 53.4 Å². The lowest BCUT2D eigenvalue weighted by molar-refractivity contribution is 0.407. The van der Waals surface area contributed by atoms with E-state index >= 15 is 0 Å². The molecule has 1 heterocycles.